The highest BCUT2D eigenvalue weighted by atomic mass is 16.5. The van der Waals surface area contributed by atoms with Gasteiger partial charge in [0.15, 0.2) is 0 Å². The first-order valence-corrected chi connectivity index (χ1v) is 5.20. The summed E-state index contributed by atoms with van der Waals surface area (Å²) in [5.41, 5.74) is 0.0834. The van der Waals surface area contributed by atoms with E-state index in [2.05, 4.69) is 10.3 Å². The van der Waals surface area contributed by atoms with Crippen molar-refractivity contribution >= 4 is 17.7 Å². The van der Waals surface area contributed by atoms with Gasteiger partial charge in [0.05, 0.1) is 18.6 Å². The van der Waals surface area contributed by atoms with Crippen molar-refractivity contribution in [1.82, 2.24) is 4.98 Å². The average molecular weight is 238 g/mol. The number of hydrogen-bond donors (Lipinski definition) is 2. The number of ether oxygens (including phenoxy) is 1. The number of rotatable bonds is 6. The van der Waals surface area contributed by atoms with Crippen molar-refractivity contribution in [1.29, 1.82) is 0 Å². The van der Waals surface area contributed by atoms with Gasteiger partial charge in [-0.05, 0) is 19.1 Å². The van der Waals surface area contributed by atoms with E-state index in [1.807, 2.05) is 6.92 Å². The predicted molar refractivity (Wildman–Crippen MR) is 60.9 cm³/mol. The van der Waals surface area contributed by atoms with Crippen LogP contribution in [0.2, 0.25) is 0 Å². The molecule has 1 aromatic heterocycles. The molecule has 0 aliphatic rings. The van der Waals surface area contributed by atoms with Crippen LogP contribution < -0.4 is 5.32 Å². The van der Waals surface area contributed by atoms with Crippen molar-refractivity contribution < 1.29 is 19.4 Å². The summed E-state index contributed by atoms with van der Waals surface area (Å²) in [5, 5.41) is 11.3. The van der Waals surface area contributed by atoms with E-state index in [4.69, 9.17) is 9.84 Å². The summed E-state index contributed by atoms with van der Waals surface area (Å²) in [5.74, 6) is -1.09. The number of carboxylic acids is 1. The Morgan fingerprint density at radius 2 is 2.29 bits per heavy atom. The van der Waals surface area contributed by atoms with Crippen LogP contribution in [0.4, 0.5) is 5.82 Å². The summed E-state index contributed by atoms with van der Waals surface area (Å²) >= 11 is 0. The largest absolute Gasteiger partial charge is 0.478 e. The van der Waals surface area contributed by atoms with E-state index < -0.39 is 5.97 Å². The topological polar surface area (TPSA) is 88.5 Å². The molecular formula is C11H14N2O4. The number of aromatic carboxylic acids is 1. The van der Waals surface area contributed by atoms with E-state index in [1.54, 1.807) is 0 Å². The summed E-state index contributed by atoms with van der Waals surface area (Å²) < 4.78 is 5.03. The lowest BCUT2D eigenvalue weighted by molar-refractivity contribution is -0.117. The minimum absolute atomic E-state index is 0.0834. The van der Waals surface area contributed by atoms with E-state index in [-0.39, 0.29) is 23.7 Å². The molecule has 6 nitrogen and oxygen atoms in total. The third kappa shape index (κ3) is 4.60. The molecule has 0 fully saturated rings. The summed E-state index contributed by atoms with van der Waals surface area (Å²) in [7, 11) is 0. The van der Waals surface area contributed by atoms with Crippen molar-refractivity contribution in [3.05, 3.63) is 23.9 Å². The van der Waals surface area contributed by atoms with Crippen LogP contribution in [0, 0.1) is 0 Å². The van der Waals surface area contributed by atoms with E-state index in [9.17, 15) is 9.59 Å². The number of pyridine rings is 1. The zero-order valence-corrected chi connectivity index (χ0v) is 9.47. The monoisotopic (exact) mass is 238 g/mol. The number of carboxylic acid groups (broad SMARTS) is 1. The number of hydrogen-bond acceptors (Lipinski definition) is 4. The molecule has 1 heterocycles. The zero-order valence-electron chi connectivity index (χ0n) is 9.47. The van der Waals surface area contributed by atoms with Crippen LogP contribution in [0.5, 0.6) is 0 Å². The summed E-state index contributed by atoms with van der Waals surface area (Å²) in [6, 6.07) is 2.67. The lowest BCUT2D eigenvalue weighted by Crippen LogP contribution is -2.15. The first-order chi connectivity index (χ1) is 8.13. The molecule has 0 unspecified atom stereocenters. The molecule has 0 aliphatic heterocycles. The Kier molecular flexibility index (Phi) is 5.09. The zero-order chi connectivity index (χ0) is 12.7. The second-order valence-corrected chi connectivity index (χ2v) is 3.23. The van der Waals surface area contributed by atoms with Crippen LogP contribution in [-0.4, -0.2) is 35.2 Å². The van der Waals surface area contributed by atoms with Gasteiger partial charge >= 0.3 is 5.97 Å². The standard InChI is InChI=1S/C11H14N2O4/c1-2-17-6-4-10(14)13-9-7-8(11(15)16)3-5-12-9/h3,5,7H,2,4,6H2,1H3,(H,15,16)(H,12,13,14). The molecule has 1 rings (SSSR count). The fourth-order valence-electron chi connectivity index (χ4n) is 1.15. The van der Waals surface area contributed by atoms with Crippen molar-refractivity contribution in [3.63, 3.8) is 0 Å². The molecule has 0 aromatic carbocycles. The number of amides is 1. The second kappa shape index (κ2) is 6.59. The van der Waals surface area contributed by atoms with Gasteiger partial charge in [-0.15, -0.1) is 0 Å². The van der Waals surface area contributed by atoms with Crippen LogP contribution in [-0.2, 0) is 9.53 Å². The molecule has 0 radical (unpaired) electrons. The second-order valence-electron chi connectivity index (χ2n) is 3.23. The molecule has 0 spiro atoms. The summed E-state index contributed by atoms with van der Waals surface area (Å²) in [6.45, 7) is 2.73. The van der Waals surface area contributed by atoms with Crippen molar-refractivity contribution in [2.75, 3.05) is 18.5 Å². The lowest BCUT2D eigenvalue weighted by atomic mass is 10.2. The molecule has 0 aliphatic carbocycles. The molecule has 0 saturated carbocycles. The van der Waals surface area contributed by atoms with Crippen molar-refractivity contribution in [2.24, 2.45) is 0 Å². The molecule has 92 valence electrons. The molecule has 2 N–H and O–H groups in total. The van der Waals surface area contributed by atoms with Crippen molar-refractivity contribution in [3.8, 4) is 0 Å². The molecule has 17 heavy (non-hydrogen) atoms. The van der Waals surface area contributed by atoms with E-state index >= 15 is 0 Å². The highest BCUT2D eigenvalue weighted by Gasteiger charge is 2.07. The van der Waals surface area contributed by atoms with Gasteiger partial charge in [0.1, 0.15) is 5.82 Å². The van der Waals surface area contributed by atoms with E-state index in [1.165, 1.54) is 18.3 Å². The SMILES string of the molecule is CCOCCC(=O)Nc1cc(C(=O)O)ccn1. The highest BCUT2D eigenvalue weighted by molar-refractivity contribution is 5.92. The minimum Gasteiger partial charge on any atom is -0.478 e. The van der Waals surface area contributed by atoms with Gasteiger partial charge in [0.25, 0.3) is 0 Å². The quantitative estimate of drug-likeness (QED) is 0.725. The number of aromatic nitrogens is 1. The van der Waals surface area contributed by atoms with Crippen LogP contribution in [0.1, 0.15) is 23.7 Å². The Morgan fingerprint density at radius 1 is 1.53 bits per heavy atom. The molecule has 0 saturated heterocycles. The summed E-state index contributed by atoms with van der Waals surface area (Å²) in [6.07, 6.45) is 1.55. The Labute approximate surface area is 98.6 Å². The Hall–Kier alpha value is -1.95. The minimum atomic E-state index is -1.06. The average Bonchev–Trinajstić information content (AvgIpc) is 2.29. The molecular weight excluding hydrogens is 224 g/mol. The molecule has 1 aromatic rings. The van der Waals surface area contributed by atoms with Crippen LogP contribution in [0.3, 0.4) is 0 Å². The van der Waals surface area contributed by atoms with Gasteiger partial charge in [-0.25, -0.2) is 9.78 Å². The van der Waals surface area contributed by atoms with E-state index in [0.717, 1.165) is 0 Å². The first-order valence-electron chi connectivity index (χ1n) is 5.20. The normalized spacial score (nSPS) is 9.94. The maximum absolute atomic E-state index is 11.4. The number of carbonyl (C=O) groups excluding carboxylic acids is 1. The molecule has 1 amide bonds. The molecule has 0 atom stereocenters. The number of carbonyl (C=O) groups is 2. The first kappa shape index (κ1) is 13.1. The Bertz CT molecular complexity index is 406. The highest BCUT2D eigenvalue weighted by Crippen LogP contribution is 2.07. The number of anilines is 1. The lowest BCUT2D eigenvalue weighted by Gasteiger charge is -2.04. The van der Waals surface area contributed by atoms with Gasteiger partial charge in [-0.1, -0.05) is 0 Å². The van der Waals surface area contributed by atoms with Gasteiger partial charge in [0, 0.05) is 12.8 Å². The Balaban J connectivity index is 2.53. The fraction of sp³-hybridized carbons (Fsp3) is 0.364. The van der Waals surface area contributed by atoms with Crippen LogP contribution >= 0.6 is 0 Å². The van der Waals surface area contributed by atoms with Crippen molar-refractivity contribution in [2.45, 2.75) is 13.3 Å². The third-order valence-corrected chi connectivity index (χ3v) is 1.95. The van der Waals surface area contributed by atoms with Crippen LogP contribution in [0.15, 0.2) is 18.3 Å². The smallest absolute Gasteiger partial charge is 0.335 e. The molecule has 6 heteroatoms. The van der Waals surface area contributed by atoms with E-state index in [0.29, 0.717) is 13.2 Å². The molecule has 0 bridgehead atoms. The van der Waals surface area contributed by atoms with Gasteiger partial charge < -0.3 is 15.2 Å². The number of nitrogens with one attached hydrogen (secondary N) is 1. The Morgan fingerprint density at radius 3 is 2.94 bits per heavy atom. The third-order valence-electron chi connectivity index (χ3n) is 1.95. The fourth-order valence-corrected chi connectivity index (χ4v) is 1.15. The number of nitrogens with zero attached hydrogens (tertiary/aromatic N) is 1. The van der Waals surface area contributed by atoms with Gasteiger partial charge in [-0.2, -0.15) is 0 Å². The maximum atomic E-state index is 11.4. The van der Waals surface area contributed by atoms with Gasteiger partial charge in [0.2, 0.25) is 5.91 Å². The summed E-state index contributed by atoms with van der Waals surface area (Å²) in [4.78, 5) is 25.9. The van der Waals surface area contributed by atoms with Gasteiger partial charge in [-0.3, -0.25) is 4.79 Å². The van der Waals surface area contributed by atoms with Crippen LogP contribution in [0.25, 0.3) is 0 Å². The maximum Gasteiger partial charge on any atom is 0.335 e. The predicted octanol–water partition coefficient (Wildman–Crippen LogP) is 1.14.